The number of benzene rings is 1. The highest BCUT2D eigenvalue weighted by Gasteiger charge is 2.08. The van der Waals surface area contributed by atoms with Gasteiger partial charge in [-0.1, -0.05) is 36.0 Å². The Morgan fingerprint density at radius 2 is 2.00 bits per heavy atom. The second-order valence-electron chi connectivity index (χ2n) is 5.56. The van der Waals surface area contributed by atoms with Crippen LogP contribution >= 0.6 is 34.4 Å². The molecule has 0 aliphatic carbocycles. The van der Waals surface area contributed by atoms with E-state index in [0.29, 0.717) is 0 Å². The molecule has 0 saturated carbocycles. The molecule has 3 heterocycles. The SMILES string of the molecule is c1ccc(Nc2nc(CSc3nncn3CCc3cccs3)cs2)cc1. The van der Waals surface area contributed by atoms with Gasteiger partial charge in [-0.15, -0.1) is 32.9 Å². The third-order valence-corrected chi connectivity index (χ3v) is 6.44. The second kappa shape index (κ2) is 8.48. The molecule has 0 amide bonds. The Bertz CT molecular complexity index is 931. The van der Waals surface area contributed by atoms with E-state index in [1.807, 2.05) is 30.3 Å². The minimum absolute atomic E-state index is 0.782. The largest absolute Gasteiger partial charge is 0.332 e. The Hall–Kier alpha value is -2.16. The average molecular weight is 400 g/mol. The van der Waals surface area contributed by atoms with E-state index in [1.54, 1.807) is 40.8 Å². The first-order chi connectivity index (χ1) is 12.9. The number of thiophene rings is 1. The lowest BCUT2D eigenvalue weighted by Gasteiger charge is -2.04. The minimum atomic E-state index is 0.782. The molecule has 5 nitrogen and oxygen atoms in total. The molecule has 1 aromatic carbocycles. The highest BCUT2D eigenvalue weighted by atomic mass is 32.2. The van der Waals surface area contributed by atoms with Crippen LogP contribution in [0.4, 0.5) is 10.8 Å². The first-order valence-corrected chi connectivity index (χ1v) is 10.9. The summed E-state index contributed by atoms with van der Waals surface area (Å²) >= 11 is 5.08. The van der Waals surface area contributed by atoms with Crippen molar-refractivity contribution < 1.29 is 0 Å². The number of nitrogens with zero attached hydrogens (tertiary/aromatic N) is 4. The van der Waals surface area contributed by atoms with Gasteiger partial charge in [-0.05, 0) is 30.0 Å². The summed E-state index contributed by atoms with van der Waals surface area (Å²) in [5.74, 6) is 0.782. The summed E-state index contributed by atoms with van der Waals surface area (Å²) in [6.45, 7) is 0.897. The molecule has 0 radical (unpaired) electrons. The Morgan fingerprint density at radius 3 is 2.85 bits per heavy atom. The molecule has 132 valence electrons. The van der Waals surface area contributed by atoms with Crippen LogP contribution in [0, 0.1) is 0 Å². The third kappa shape index (κ3) is 4.51. The lowest BCUT2D eigenvalue weighted by molar-refractivity contribution is 0.637. The van der Waals surface area contributed by atoms with Crippen LogP contribution in [0.1, 0.15) is 10.6 Å². The van der Waals surface area contributed by atoms with E-state index < -0.39 is 0 Å². The number of thiazole rings is 1. The molecule has 0 saturated heterocycles. The molecule has 0 spiro atoms. The van der Waals surface area contributed by atoms with Crippen LogP contribution in [-0.4, -0.2) is 19.7 Å². The van der Waals surface area contributed by atoms with Gasteiger partial charge in [-0.3, -0.25) is 0 Å². The molecule has 4 aromatic rings. The van der Waals surface area contributed by atoms with Crippen molar-refractivity contribution in [2.24, 2.45) is 0 Å². The monoisotopic (exact) mass is 399 g/mol. The number of rotatable bonds is 8. The van der Waals surface area contributed by atoms with E-state index in [9.17, 15) is 0 Å². The predicted octanol–water partition coefficient (Wildman–Crippen LogP) is 5.07. The third-order valence-electron chi connectivity index (χ3n) is 3.69. The van der Waals surface area contributed by atoms with Gasteiger partial charge in [0, 0.05) is 28.2 Å². The maximum absolute atomic E-state index is 4.65. The summed E-state index contributed by atoms with van der Waals surface area (Å²) in [5, 5.41) is 17.7. The van der Waals surface area contributed by atoms with Crippen LogP contribution in [-0.2, 0) is 18.7 Å². The minimum Gasteiger partial charge on any atom is -0.332 e. The number of anilines is 2. The molecule has 0 atom stereocenters. The van der Waals surface area contributed by atoms with Crippen molar-refractivity contribution in [2.45, 2.75) is 23.9 Å². The van der Waals surface area contributed by atoms with Gasteiger partial charge in [-0.25, -0.2) is 4.98 Å². The molecule has 0 aliphatic rings. The summed E-state index contributed by atoms with van der Waals surface area (Å²) < 4.78 is 2.11. The van der Waals surface area contributed by atoms with Gasteiger partial charge in [-0.2, -0.15) is 0 Å². The Balaban J connectivity index is 1.32. The van der Waals surface area contributed by atoms with Crippen molar-refractivity contribution in [1.82, 2.24) is 19.7 Å². The van der Waals surface area contributed by atoms with E-state index in [2.05, 4.69) is 48.0 Å². The van der Waals surface area contributed by atoms with Crippen molar-refractivity contribution in [3.63, 3.8) is 0 Å². The van der Waals surface area contributed by atoms with Gasteiger partial charge in [0.15, 0.2) is 10.3 Å². The predicted molar refractivity (Wildman–Crippen MR) is 109 cm³/mol. The molecule has 3 aromatic heterocycles. The Morgan fingerprint density at radius 1 is 1.08 bits per heavy atom. The molecule has 0 bridgehead atoms. The zero-order valence-electron chi connectivity index (χ0n) is 13.9. The summed E-state index contributed by atoms with van der Waals surface area (Å²) in [7, 11) is 0. The molecule has 4 rings (SSSR count). The quantitative estimate of drug-likeness (QED) is 0.419. The topological polar surface area (TPSA) is 55.6 Å². The zero-order chi connectivity index (χ0) is 17.6. The first kappa shape index (κ1) is 17.3. The van der Waals surface area contributed by atoms with Gasteiger partial charge in [0.05, 0.1) is 5.69 Å². The van der Waals surface area contributed by atoms with Gasteiger partial charge in [0.2, 0.25) is 0 Å². The van der Waals surface area contributed by atoms with Crippen molar-refractivity contribution in [3.8, 4) is 0 Å². The van der Waals surface area contributed by atoms with E-state index in [0.717, 1.165) is 40.4 Å². The normalized spacial score (nSPS) is 10.9. The molecule has 0 aliphatic heterocycles. The lowest BCUT2D eigenvalue weighted by atomic mass is 10.3. The molecule has 26 heavy (non-hydrogen) atoms. The Labute approximate surface area is 164 Å². The van der Waals surface area contributed by atoms with Gasteiger partial charge < -0.3 is 9.88 Å². The van der Waals surface area contributed by atoms with Crippen LogP contribution in [0.3, 0.4) is 0 Å². The summed E-state index contributed by atoms with van der Waals surface area (Å²) in [6, 6.07) is 14.3. The van der Waals surface area contributed by atoms with Crippen molar-refractivity contribution >= 4 is 45.3 Å². The molecular weight excluding hydrogens is 382 g/mol. The van der Waals surface area contributed by atoms with Gasteiger partial charge in [0.25, 0.3) is 0 Å². The number of hydrogen-bond donors (Lipinski definition) is 1. The molecule has 0 unspecified atom stereocenters. The smallest absolute Gasteiger partial charge is 0.191 e. The second-order valence-corrected chi connectivity index (χ2v) is 8.39. The van der Waals surface area contributed by atoms with E-state index >= 15 is 0 Å². The Kier molecular flexibility index (Phi) is 5.63. The van der Waals surface area contributed by atoms with Crippen LogP contribution in [0.2, 0.25) is 0 Å². The maximum atomic E-state index is 4.65. The van der Waals surface area contributed by atoms with Crippen LogP contribution in [0.15, 0.2) is 64.7 Å². The van der Waals surface area contributed by atoms with Gasteiger partial charge >= 0.3 is 0 Å². The number of para-hydroxylation sites is 1. The number of hydrogen-bond acceptors (Lipinski definition) is 7. The number of aromatic nitrogens is 4. The van der Waals surface area contributed by atoms with Crippen LogP contribution in [0.5, 0.6) is 0 Å². The fourth-order valence-electron chi connectivity index (χ4n) is 2.41. The number of nitrogens with one attached hydrogen (secondary N) is 1. The van der Waals surface area contributed by atoms with Crippen molar-refractivity contribution in [3.05, 3.63) is 70.1 Å². The van der Waals surface area contributed by atoms with E-state index in [-0.39, 0.29) is 0 Å². The molecule has 0 fully saturated rings. The van der Waals surface area contributed by atoms with Crippen LogP contribution in [0.25, 0.3) is 0 Å². The lowest BCUT2D eigenvalue weighted by Crippen LogP contribution is -2.01. The zero-order valence-corrected chi connectivity index (χ0v) is 16.4. The summed E-state index contributed by atoms with van der Waals surface area (Å²) in [5.41, 5.74) is 2.10. The standard InChI is InChI=1S/C18H17N5S3/c1-2-5-14(6-3-1)20-17-21-15(11-25-17)12-26-18-22-19-13-23(18)9-8-16-7-4-10-24-16/h1-7,10-11,13H,8-9,12H2,(H,20,21). The fraction of sp³-hybridized carbons (Fsp3) is 0.167. The summed E-state index contributed by atoms with van der Waals surface area (Å²) in [4.78, 5) is 6.03. The van der Waals surface area contributed by atoms with E-state index in [4.69, 9.17) is 0 Å². The summed E-state index contributed by atoms with van der Waals surface area (Å²) in [6.07, 6.45) is 2.81. The highest BCUT2D eigenvalue weighted by molar-refractivity contribution is 7.98. The fourth-order valence-corrected chi connectivity index (χ4v) is 4.78. The molecule has 8 heteroatoms. The van der Waals surface area contributed by atoms with E-state index in [1.165, 1.54) is 4.88 Å². The van der Waals surface area contributed by atoms with Crippen molar-refractivity contribution in [1.29, 1.82) is 0 Å². The molecule has 1 N–H and O–H groups in total. The number of thioether (sulfide) groups is 1. The van der Waals surface area contributed by atoms with Crippen LogP contribution < -0.4 is 5.32 Å². The first-order valence-electron chi connectivity index (χ1n) is 8.16. The number of aryl methyl sites for hydroxylation is 2. The average Bonchev–Trinajstić information content (AvgIpc) is 3.41. The van der Waals surface area contributed by atoms with Crippen molar-refractivity contribution in [2.75, 3.05) is 5.32 Å². The molecular formula is C18H17N5S3. The maximum Gasteiger partial charge on any atom is 0.191 e. The van der Waals surface area contributed by atoms with Gasteiger partial charge in [0.1, 0.15) is 6.33 Å². The highest BCUT2D eigenvalue weighted by Crippen LogP contribution is 2.26.